The maximum atomic E-state index is 12.6. The van der Waals surface area contributed by atoms with Crippen LogP contribution < -0.4 is 5.69 Å². The van der Waals surface area contributed by atoms with Gasteiger partial charge in [-0.05, 0) is 24.2 Å². The predicted octanol–water partition coefficient (Wildman–Crippen LogP) is 1.89. The summed E-state index contributed by atoms with van der Waals surface area (Å²) >= 11 is 1.33. The van der Waals surface area contributed by atoms with Crippen molar-refractivity contribution >= 4 is 20.1 Å². The molecule has 4 atom stereocenters. The zero-order chi connectivity index (χ0) is 21.1. The van der Waals surface area contributed by atoms with Gasteiger partial charge in [-0.15, -0.1) is 11.8 Å². The van der Waals surface area contributed by atoms with E-state index in [1.807, 2.05) is 6.07 Å². The Morgan fingerprint density at radius 2 is 2.14 bits per heavy atom. The fourth-order valence-corrected chi connectivity index (χ4v) is 4.60. The minimum absolute atomic E-state index is 0.0982. The molecule has 2 rings (SSSR count). The van der Waals surface area contributed by atoms with Gasteiger partial charge in [0.25, 0.3) is 0 Å². The molecule has 2 heterocycles. The second-order valence-electron chi connectivity index (χ2n) is 8.29. The number of nitrogens with zero attached hydrogens (tertiary/aromatic N) is 3. The van der Waals surface area contributed by atoms with Crippen molar-refractivity contribution in [3.63, 3.8) is 0 Å². The highest BCUT2D eigenvalue weighted by atomic mass is 32.2. The molecule has 1 aromatic rings. The number of rotatable bonds is 7. The van der Waals surface area contributed by atoms with Gasteiger partial charge in [-0.2, -0.15) is 10.2 Å². The number of nitriles is 1. The first-order chi connectivity index (χ1) is 13.0. The quantitative estimate of drug-likeness (QED) is 0.293. The van der Waals surface area contributed by atoms with E-state index in [1.54, 1.807) is 12.3 Å². The fourth-order valence-electron chi connectivity index (χ4n) is 2.61. The predicted molar refractivity (Wildman–Crippen MR) is 109 cm³/mol. The average molecular weight is 428 g/mol. The molecule has 0 bridgehead atoms. The van der Waals surface area contributed by atoms with E-state index >= 15 is 0 Å². The first kappa shape index (κ1) is 23.1. The number of aliphatic hydroxyl groups excluding tert-OH is 2. The van der Waals surface area contributed by atoms with Crippen LogP contribution in [0.15, 0.2) is 22.1 Å². The normalized spacial score (nSPS) is 25.6. The molecule has 2 N–H and O–H groups in total. The van der Waals surface area contributed by atoms with Gasteiger partial charge in [-0.1, -0.05) is 20.8 Å². The number of thioether (sulfide) groups is 1. The van der Waals surface area contributed by atoms with E-state index in [2.05, 4.69) is 38.8 Å². The van der Waals surface area contributed by atoms with Gasteiger partial charge in [0.2, 0.25) is 0 Å². The molecule has 0 radical (unpaired) electrons. The Morgan fingerprint density at radius 3 is 2.68 bits per heavy atom. The Bertz CT molecular complexity index is 774. The summed E-state index contributed by atoms with van der Waals surface area (Å²) in [5.41, 5.74) is -0.526. The van der Waals surface area contributed by atoms with Gasteiger partial charge in [-0.3, -0.25) is 4.57 Å². The molecule has 8 nitrogen and oxygen atoms in total. The molecular formula is C18H29N3O5SSi. The van der Waals surface area contributed by atoms with Crippen LogP contribution in [-0.4, -0.2) is 58.8 Å². The maximum absolute atomic E-state index is 12.6. The molecule has 0 aromatic carbocycles. The minimum atomic E-state index is -2.27. The molecule has 156 valence electrons. The van der Waals surface area contributed by atoms with Crippen LogP contribution in [-0.2, 0) is 9.16 Å². The first-order valence-corrected chi connectivity index (χ1v) is 13.1. The number of hydrogen-bond donors (Lipinski definition) is 2. The van der Waals surface area contributed by atoms with Crippen molar-refractivity contribution in [3.8, 4) is 6.07 Å². The molecule has 1 saturated heterocycles. The lowest BCUT2D eigenvalue weighted by molar-refractivity contribution is -0.0535. The van der Waals surface area contributed by atoms with Gasteiger partial charge in [0.1, 0.15) is 23.3 Å². The lowest BCUT2D eigenvalue weighted by Crippen LogP contribution is -2.49. The van der Waals surface area contributed by atoms with Gasteiger partial charge in [-0.25, -0.2) is 4.79 Å². The van der Waals surface area contributed by atoms with Crippen LogP contribution in [0.4, 0.5) is 0 Å². The van der Waals surface area contributed by atoms with Gasteiger partial charge < -0.3 is 19.4 Å². The van der Waals surface area contributed by atoms with Gasteiger partial charge in [0.05, 0.1) is 12.7 Å². The van der Waals surface area contributed by atoms with Crippen molar-refractivity contribution in [2.24, 2.45) is 0 Å². The number of aromatic nitrogens is 2. The topological polar surface area (TPSA) is 118 Å². The van der Waals surface area contributed by atoms with Crippen LogP contribution in [0.2, 0.25) is 18.1 Å². The molecule has 0 unspecified atom stereocenters. The zero-order valence-corrected chi connectivity index (χ0v) is 18.8. The van der Waals surface area contributed by atoms with E-state index in [0.29, 0.717) is 17.2 Å². The molecule has 1 aliphatic rings. The van der Waals surface area contributed by atoms with E-state index in [0.717, 1.165) is 0 Å². The van der Waals surface area contributed by atoms with Crippen molar-refractivity contribution in [2.75, 3.05) is 12.4 Å². The Hall–Kier alpha value is -1.22. The van der Waals surface area contributed by atoms with Crippen molar-refractivity contribution in [1.29, 1.82) is 5.26 Å². The van der Waals surface area contributed by atoms with Crippen molar-refractivity contribution in [3.05, 3.63) is 22.7 Å². The van der Waals surface area contributed by atoms with Crippen LogP contribution in [0.3, 0.4) is 0 Å². The lowest BCUT2D eigenvalue weighted by atomic mass is 10.1. The summed E-state index contributed by atoms with van der Waals surface area (Å²) in [7, 11) is -2.27. The summed E-state index contributed by atoms with van der Waals surface area (Å²) in [5.74, 6) is 0.551. The van der Waals surface area contributed by atoms with Gasteiger partial charge >= 0.3 is 5.69 Å². The fraction of sp³-hybridized carbons (Fsp3) is 0.722. The highest BCUT2D eigenvalue weighted by molar-refractivity contribution is 7.99. The highest BCUT2D eigenvalue weighted by Gasteiger charge is 2.50. The molecule has 0 spiro atoms. The second kappa shape index (κ2) is 9.07. The monoisotopic (exact) mass is 427 g/mol. The molecule has 0 aliphatic carbocycles. The third kappa shape index (κ3) is 5.03. The summed E-state index contributed by atoms with van der Waals surface area (Å²) in [6, 6.07) is 3.72. The van der Waals surface area contributed by atoms with Crippen molar-refractivity contribution in [2.45, 2.75) is 74.9 Å². The zero-order valence-electron chi connectivity index (χ0n) is 17.0. The van der Waals surface area contributed by atoms with Crippen molar-refractivity contribution < 1.29 is 19.4 Å². The number of ether oxygens (including phenoxy) is 1. The summed E-state index contributed by atoms with van der Waals surface area (Å²) in [6.07, 6.45) is -1.62. The van der Waals surface area contributed by atoms with E-state index in [9.17, 15) is 15.0 Å². The van der Waals surface area contributed by atoms with Crippen LogP contribution in [0.5, 0.6) is 0 Å². The Morgan fingerprint density at radius 1 is 1.46 bits per heavy atom. The number of hydrogen-bond acceptors (Lipinski definition) is 8. The third-order valence-corrected chi connectivity index (χ3v) is 10.7. The Kier molecular flexibility index (Phi) is 7.47. The average Bonchev–Trinajstić information content (AvgIpc) is 2.90. The molecule has 28 heavy (non-hydrogen) atoms. The molecular weight excluding hydrogens is 398 g/mol. The molecule has 10 heteroatoms. The summed E-state index contributed by atoms with van der Waals surface area (Å²) in [6.45, 7) is 9.99. The standard InChI is InChI=1S/C18H29N3O5SSi/c1-18(2,3)28(4,5)26-15-14(23)12(11-22)25-16(15)21-9-7-13(20-17(21)24)27-10-6-8-19/h7,9,12,14-16,22-23H,6,10-11H2,1-5H3/t12-,14-,15-,16-/m1/s1. The lowest BCUT2D eigenvalue weighted by Gasteiger charge is -2.40. The number of aliphatic hydroxyl groups is 2. The summed E-state index contributed by atoms with van der Waals surface area (Å²) in [5, 5.41) is 29.2. The second-order valence-corrected chi connectivity index (χ2v) is 14.2. The Balaban J connectivity index is 2.31. The van der Waals surface area contributed by atoms with Crippen LogP contribution >= 0.6 is 11.8 Å². The van der Waals surface area contributed by atoms with Gasteiger partial charge in [0, 0.05) is 18.4 Å². The van der Waals surface area contributed by atoms with Crippen LogP contribution in [0.25, 0.3) is 0 Å². The first-order valence-electron chi connectivity index (χ1n) is 9.23. The molecule has 0 saturated carbocycles. The van der Waals surface area contributed by atoms with Crippen LogP contribution in [0.1, 0.15) is 33.4 Å². The van der Waals surface area contributed by atoms with E-state index in [1.165, 1.54) is 16.3 Å². The highest BCUT2D eigenvalue weighted by Crippen LogP contribution is 2.41. The van der Waals surface area contributed by atoms with Crippen LogP contribution in [0, 0.1) is 11.3 Å². The SMILES string of the molecule is CC(C)(C)[Si](C)(C)O[C@@H]1[C@H](O)[C@@H](CO)O[C@H]1n1ccc(SCCC#N)nc1=O. The molecule has 1 aliphatic heterocycles. The van der Waals surface area contributed by atoms with Gasteiger partial charge in [0.15, 0.2) is 14.5 Å². The molecule has 1 fully saturated rings. The third-order valence-electron chi connectivity index (χ3n) is 5.27. The van der Waals surface area contributed by atoms with E-state index in [4.69, 9.17) is 14.4 Å². The minimum Gasteiger partial charge on any atom is -0.407 e. The summed E-state index contributed by atoms with van der Waals surface area (Å²) < 4.78 is 13.4. The molecule has 0 amide bonds. The van der Waals surface area contributed by atoms with Crippen molar-refractivity contribution in [1.82, 2.24) is 9.55 Å². The Labute approximate surface area is 170 Å². The van der Waals surface area contributed by atoms with E-state index in [-0.39, 0.29) is 11.6 Å². The smallest absolute Gasteiger partial charge is 0.350 e. The summed E-state index contributed by atoms with van der Waals surface area (Å²) in [4.78, 5) is 16.6. The van der Waals surface area contributed by atoms with E-state index < -0.39 is 38.5 Å². The maximum Gasteiger partial charge on any atom is 0.350 e. The molecule has 1 aromatic heterocycles. The largest absolute Gasteiger partial charge is 0.407 e.